The Hall–Kier alpha value is -2.34. The van der Waals surface area contributed by atoms with Crippen LogP contribution in [0, 0.1) is 24.3 Å². The number of allylic oxidation sites excluding steroid dienone is 4. The van der Waals surface area contributed by atoms with Crippen LogP contribution < -0.4 is 10.4 Å². The SMILES string of the molecule is CCCCC(CCCC)=c1c(C(C)(C)C)c(C)c(C2C=CC=C2)c2c1=c1cc(C(C)(C)C)c(C)cc1=C2. The quantitative estimate of drug-likeness (QED) is 0.307. The second kappa shape index (κ2) is 10.4. The van der Waals surface area contributed by atoms with Crippen molar-refractivity contribution < 1.29 is 0 Å². The van der Waals surface area contributed by atoms with Crippen LogP contribution in [0.15, 0.2) is 36.4 Å². The molecule has 0 unspecified atom stereocenters. The first kappa shape index (κ1) is 27.7. The molecule has 0 amide bonds. The molecule has 37 heavy (non-hydrogen) atoms. The van der Waals surface area contributed by atoms with Crippen molar-refractivity contribution in [1.29, 1.82) is 0 Å². The predicted molar refractivity (Wildman–Crippen MR) is 164 cm³/mol. The van der Waals surface area contributed by atoms with E-state index < -0.39 is 0 Å². The van der Waals surface area contributed by atoms with Gasteiger partial charge in [-0.3, -0.25) is 0 Å². The van der Waals surface area contributed by atoms with E-state index in [1.165, 1.54) is 82.0 Å². The van der Waals surface area contributed by atoms with E-state index in [0.717, 1.165) is 0 Å². The van der Waals surface area contributed by atoms with E-state index in [9.17, 15) is 0 Å². The van der Waals surface area contributed by atoms with E-state index in [1.807, 2.05) is 0 Å². The maximum Gasteiger partial charge on any atom is 0.0213 e. The monoisotopic (exact) mass is 494 g/mol. The summed E-state index contributed by atoms with van der Waals surface area (Å²) in [5.41, 5.74) is 10.8. The maximum atomic E-state index is 2.56. The second-order valence-electron chi connectivity index (χ2n) is 13.6. The zero-order valence-electron chi connectivity index (χ0n) is 25.4. The minimum atomic E-state index is 0.0687. The first-order chi connectivity index (χ1) is 17.4. The smallest absolute Gasteiger partial charge is 0.0213 e. The Morgan fingerprint density at radius 1 is 0.811 bits per heavy atom. The largest absolute Gasteiger partial charge is 0.0732 e. The number of rotatable bonds is 7. The lowest BCUT2D eigenvalue weighted by molar-refractivity contribution is 0.577. The summed E-state index contributed by atoms with van der Waals surface area (Å²) in [7, 11) is 0. The number of benzene rings is 2. The maximum absolute atomic E-state index is 2.56. The zero-order valence-corrected chi connectivity index (χ0v) is 25.4. The first-order valence-electron chi connectivity index (χ1n) is 14.8. The second-order valence-corrected chi connectivity index (χ2v) is 13.6. The molecule has 0 aromatic heterocycles. The summed E-state index contributed by atoms with van der Waals surface area (Å²) in [5, 5.41) is 5.99. The van der Waals surface area contributed by atoms with Crippen LogP contribution in [-0.2, 0) is 10.8 Å². The van der Waals surface area contributed by atoms with Crippen LogP contribution in [-0.4, -0.2) is 0 Å². The van der Waals surface area contributed by atoms with Gasteiger partial charge in [0.15, 0.2) is 0 Å². The fourth-order valence-corrected chi connectivity index (χ4v) is 6.88. The Morgan fingerprint density at radius 2 is 1.41 bits per heavy atom. The minimum Gasteiger partial charge on any atom is -0.0732 e. The van der Waals surface area contributed by atoms with Gasteiger partial charge in [0.1, 0.15) is 0 Å². The van der Waals surface area contributed by atoms with Crippen molar-refractivity contribution in [3.63, 3.8) is 0 Å². The summed E-state index contributed by atoms with van der Waals surface area (Å²) >= 11 is 0. The molecule has 0 saturated heterocycles. The third-order valence-electron chi connectivity index (χ3n) is 8.46. The van der Waals surface area contributed by atoms with E-state index in [2.05, 4.69) is 112 Å². The average molecular weight is 495 g/mol. The summed E-state index contributed by atoms with van der Waals surface area (Å²) in [6.45, 7) is 23.8. The van der Waals surface area contributed by atoms with E-state index in [1.54, 1.807) is 16.4 Å². The normalized spacial score (nSPS) is 14.8. The van der Waals surface area contributed by atoms with Crippen molar-refractivity contribution >= 4 is 11.6 Å². The van der Waals surface area contributed by atoms with Crippen molar-refractivity contribution in [3.05, 3.63) is 90.7 Å². The van der Waals surface area contributed by atoms with E-state index in [4.69, 9.17) is 0 Å². The Balaban J connectivity index is 2.35. The van der Waals surface area contributed by atoms with Crippen LogP contribution in [0.1, 0.15) is 133 Å². The molecular formula is C37H50. The Labute approximate surface area is 226 Å². The molecule has 0 spiro atoms. The molecular weight excluding hydrogens is 444 g/mol. The molecule has 2 aromatic rings. The Morgan fingerprint density at radius 3 is 1.92 bits per heavy atom. The molecule has 0 fully saturated rings. The highest BCUT2D eigenvalue weighted by Gasteiger charge is 2.28. The molecule has 0 aliphatic heterocycles. The van der Waals surface area contributed by atoms with Gasteiger partial charge in [-0.1, -0.05) is 104 Å². The fraction of sp³-hybridized carbons (Fsp3) is 0.514. The van der Waals surface area contributed by atoms with Crippen LogP contribution in [0.5, 0.6) is 0 Å². The number of aryl methyl sites for hydroxylation is 1. The minimum absolute atomic E-state index is 0.0687. The molecule has 0 bridgehead atoms. The van der Waals surface area contributed by atoms with E-state index >= 15 is 0 Å². The molecule has 0 saturated carbocycles. The van der Waals surface area contributed by atoms with Gasteiger partial charge in [-0.25, -0.2) is 0 Å². The van der Waals surface area contributed by atoms with Gasteiger partial charge in [-0.15, -0.1) is 0 Å². The van der Waals surface area contributed by atoms with Gasteiger partial charge >= 0.3 is 0 Å². The van der Waals surface area contributed by atoms with Crippen molar-refractivity contribution in [3.8, 4) is 0 Å². The summed E-state index contributed by atoms with van der Waals surface area (Å²) in [5.74, 6) is 0.354. The summed E-state index contributed by atoms with van der Waals surface area (Å²) in [6.07, 6.45) is 19.2. The number of hydrogen-bond acceptors (Lipinski definition) is 0. The molecule has 198 valence electrons. The molecule has 0 N–H and O–H groups in total. The van der Waals surface area contributed by atoms with Crippen LogP contribution in [0.4, 0.5) is 0 Å². The van der Waals surface area contributed by atoms with Crippen LogP contribution in [0.3, 0.4) is 0 Å². The van der Waals surface area contributed by atoms with Gasteiger partial charge in [0.2, 0.25) is 0 Å². The van der Waals surface area contributed by atoms with Crippen molar-refractivity contribution in [2.75, 3.05) is 0 Å². The molecule has 2 aromatic carbocycles. The molecule has 0 radical (unpaired) electrons. The summed E-state index contributed by atoms with van der Waals surface area (Å²) in [4.78, 5) is 0. The number of fused-ring (bicyclic) bond motifs is 2. The molecule has 0 atom stereocenters. The molecule has 2 aliphatic carbocycles. The van der Waals surface area contributed by atoms with Gasteiger partial charge in [0.25, 0.3) is 0 Å². The van der Waals surface area contributed by atoms with Gasteiger partial charge in [0.05, 0.1) is 0 Å². The van der Waals surface area contributed by atoms with Crippen LogP contribution >= 0.6 is 0 Å². The van der Waals surface area contributed by atoms with Gasteiger partial charge in [-0.05, 0) is 117 Å². The van der Waals surface area contributed by atoms with Gasteiger partial charge in [-0.2, -0.15) is 0 Å². The lowest BCUT2D eigenvalue weighted by Gasteiger charge is -2.29. The summed E-state index contributed by atoms with van der Waals surface area (Å²) < 4.78 is 0. The molecule has 0 heterocycles. The third kappa shape index (κ3) is 5.19. The highest BCUT2D eigenvalue weighted by molar-refractivity contribution is 5.69. The lowest BCUT2D eigenvalue weighted by Crippen LogP contribution is -2.30. The topological polar surface area (TPSA) is 0 Å². The fourth-order valence-electron chi connectivity index (χ4n) is 6.88. The van der Waals surface area contributed by atoms with Crippen LogP contribution in [0.2, 0.25) is 0 Å². The van der Waals surface area contributed by atoms with Crippen molar-refractivity contribution in [1.82, 2.24) is 0 Å². The highest BCUT2D eigenvalue weighted by Crippen LogP contribution is 2.37. The molecule has 0 nitrogen and oxygen atoms in total. The van der Waals surface area contributed by atoms with Gasteiger partial charge < -0.3 is 0 Å². The van der Waals surface area contributed by atoms with E-state index in [0.29, 0.717) is 5.92 Å². The van der Waals surface area contributed by atoms with Crippen molar-refractivity contribution in [2.45, 2.75) is 125 Å². The van der Waals surface area contributed by atoms with E-state index in [-0.39, 0.29) is 10.8 Å². The first-order valence-corrected chi connectivity index (χ1v) is 14.8. The Kier molecular flexibility index (Phi) is 7.81. The average Bonchev–Trinajstić information content (AvgIpc) is 3.44. The number of unbranched alkanes of at least 4 members (excludes halogenated alkanes) is 2. The Bertz CT molecular complexity index is 1440. The standard InChI is InChI=1S/C37H50/c1-11-13-17-27(18-14-12-2)33-34-29-23-31(36(5,6)7)24(3)21-28(29)22-30(34)32(26-19-15-16-20-26)25(4)35(33)37(8,9)10/h15-16,19-23,26H,11-14,17-18H2,1-10H3. The lowest BCUT2D eigenvalue weighted by atomic mass is 9.75. The van der Waals surface area contributed by atoms with Crippen LogP contribution in [0.25, 0.3) is 11.6 Å². The third-order valence-corrected chi connectivity index (χ3v) is 8.46. The summed E-state index contributed by atoms with van der Waals surface area (Å²) in [6, 6.07) is 5.02. The van der Waals surface area contributed by atoms with Crippen molar-refractivity contribution in [2.24, 2.45) is 0 Å². The molecule has 0 heteroatoms. The van der Waals surface area contributed by atoms with Gasteiger partial charge in [0, 0.05) is 5.92 Å². The molecule has 2 aliphatic rings. The highest BCUT2D eigenvalue weighted by atomic mass is 14.3. The zero-order chi connectivity index (χ0) is 27.1. The molecule has 4 rings (SSSR count). The predicted octanol–water partition coefficient (Wildman–Crippen LogP) is 9.07. The number of hydrogen-bond donors (Lipinski definition) is 0.